The third-order valence-electron chi connectivity index (χ3n) is 3.85. The average molecular weight is 364 g/mol. The van der Waals surface area contributed by atoms with Gasteiger partial charge in [0, 0.05) is 14.1 Å². The zero-order valence-electron chi connectivity index (χ0n) is 13.7. The number of ether oxygens (including phenoxy) is 1. The van der Waals surface area contributed by atoms with Gasteiger partial charge in [-0.25, -0.2) is 12.8 Å². The van der Waals surface area contributed by atoms with Crippen molar-refractivity contribution in [1.29, 1.82) is 0 Å². The second kappa shape index (κ2) is 6.36. The van der Waals surface area contributed by atoms with Gasteiger partial charge in [-0.05, 0) is 36.4 Å². The molecular formula is C17H17FN2O4S. The van der Waals surface area contributed by atoms with Crippen LogP contribution in [-0.2, 0) is 14.8 Å². The monoisotopic (exact) mass is 364 g/mol. The van der Waals surface area contributed by atoms with Crippen LogP contribution < -0.4 is 9.04 Å². The van der Waals surface area contributed by atoms with Crippen molar-refractivity contribution in [3.05, 3.63) is 54.3 Å². The highest BCUT2D eigenvalue weighted by atomic mass is 32.2. The van der Waals surface area contributed by atoms with Crippen LogP contribution in [-0.4, -0.2) is 46.0 Å². The van der Waals surface area contributed by atoms with Gasteiger partial charge in [-0.15, -0.1) is 0 Å². The smallest absolute Gasteiger partial charge is 0.265 e. The average Bonchev–Trinajstić information content (AvgIpc) is 2.60. The Labute approximate surface area is 145 Å². The van der Waals surface area contributed by atoms with E-state index in [9.17, 15) is 17.6 Å². The Hall–Kier alpha value is -2.61. The maximum atomic E-state index is 13.1. The first-order valence-corrected chi connectivity index (χ1v) is 9.00. The highest BCUT2D eigenvalue weighted by Gasteiger charge is 2.37. The normalized spacial score (nSPS) is 16.8. The number of fused-ring (bicyclic) bond motifs is 1. The molecule has 1 atom stereocenters. The third kappa shape index (κ3) is 3.17. The minimum Gasteiger partial charge on any atom is -0.476 e. The molecule has 1 heterocycles. The standard InChI is InChI=1S/C17H17FN2O4S/c1-19(2)17(21)16-11-20(14-5-3-4-6-15(14)24-16)25(22,23)13-9-7-12(18)8-10-13/h3-10,16H,11H2,1-2H3/t16-/m1/s1. The molecule has 6 nitrogen and oxygen atoms in total. The van der Waals surface area contributed by atoms with Gasteiger partial charge in [-0.3, -0.25) is 9.10 Å². The van der Waals surface area contributed by atoms with Gasteiger partial charge < -0.3 is 9.64 Å². The number of hydrogen-bond acceptors (Lipinski definition) is 4. The number of carbonyl (C=O) groups is 1. The lowest BCUT2D eigenvalue weighted by atomic mass is 10.2. The summed E-state index contributed by atoms with van der Waals surface area (Å²) in [6, 6.07) is 11.2. The van der Waals surface area contributed by atoms with E-state index in [1.165, 1.54) is 17.0 Å². The topological polar surface area (TPSA) is 66.9 Å². The summed E-state index contributed by atoms with van der Waals surface area (Å²) in [7, 11) is -0.820. The van der Waals surface area contributed by atoms with Gasteiger partial charge in [-0.1, -0.05) is 12.1 Å². The fraction of sp³-hybridized carbons (Fsp3) is 0.235. The zero-order chi connectivity index (χ0) is 18.2. The number of carbonyl (C=O) groups excluding carboxylic acids is 1. The summed E-state index contributed by atoms with van der Waals surface area (Å²) in [5.41, 5.74) is 0.342. The van der Waals surface area contributed by atoms with Gasteiger partial charge in [0.25, 0.3) is 15.9 Å². The molecule has 132 valence electrons. The number of nitrogens with zero attached hydrogens (tertiary/aromatic N) is 2. The second-order valence-electron chi connectivity index (χ2n) is 5.80. The van der Waals surface area contributed by atoms with Gasteiger partial charge >= 0.3 is 0 Å². The van der Waals surface area contributed by atoms with Crippen molar-refractivity contribution in [3.63, 3.8) is 0 Å². The van der Waals surface area contributed by atoms with Crippen LogP contribution in [0, 0.1) is 5.82 Å². The molecule has 0 unspecified atom stereocenters. The number of rotatable bonds is 3. The van der Waals surface area contributed by atoms with Gasteiger partial charge in [0.05, 0.1) is 17.1 Å². The molecule has 0 fully saturated rings. The molecule has 1 aliphatic heterocycles. The Morgan fingerprint density at radius 2 is 1.80 bits per heavy atom. The van der Waals surface area contributed by atoms with Crippen LogP contribution >= 0.6 is 0 Å². The molecule has 2 aromatic carbocycles. The maximum Gasteiger partial charge on any atom is 0.265 e. The maximum absolute atomic E-state index is 13.1. The second-order valence-corrected chi connectivity index (χ2v) is 7.66. The molecule has 0 spiro atoms. The van der Waals surface area contributed by atoms with E-state index < -0.39 is 21.9 Å². The van der Waals surface area contributed by atoms with E-state index >= 15 is 0 Å². The van der Waals surface area contributed by atoms with Crippen LogP contribution in [0.1, 0.15) is 0 Å². The Morgan fingerprint density at radius 3 is 2.44 bits per heavy atom. The molecule has 1 aliphatic rings. The summed E-state index contributed by atoms with van der Waals surface area (Å²) in [4.78, 5) is 13.6. The quantitative estimate of drug-likeness (QED) is 0.834. The van der Waals surface area contributed by atoms with Crippen molar-refractivity contribution in [1.82, 2.24) is 4.90 Å². The number of anilines is 1. The Morgan fingerprint density at radius 1 is 1.16 bits per heavy atom. The highest BCUT2D eigenvalue weighted by Crippen LogP contribution is 2.36. The molecule has 0 aliphatic carbocycles. The molecule has 0 N–H and O–H groups in total. The van der Waals surface area contributed by atoms with Gasteiger partial charge in [-0.2, -0.15) is 0 Å². The molecule has 3 rings (SSSR count). The highest BCUT2D eigenvalue weighted by molar-refractivity contribution is 7.92. The van der Waals surface area contributed by atoms with Crippen LogP contribution in [0.2, 0.25) is 0 Å². The SMILES string of the molecule is CN(C)C(=O)[C@H]1CN(S(=O)(=O)c2ccc(F)cc2)c2ccccc2O1. The van der Waals surface area contributed by atoms with Crippen molar-refractivity contribution in [2.75, 3.05) is 24.9 Å². The van der Waals surface area contributed by atoms with Crippen LogP contribution in [0.25, 0.3) is 0 Å². The molecule has 0 bridgehead atoms. The molecule has 0 saturated heterocycles. The minimum atomic E-state index is -3.97. The largest absolute Gasteiger partial charge is 0.476 e. The number of likely N-dealkylation sites (N-methyl/N-ethyl adjacent to an activating group) is 1. The molecule has 8 heteroatoms. The number of amides is 1. The van der Waals surface area contributed by atoms with Crippen LogP contribution in [0.3, 0.4) is 0 Å². The number of sulfonamides is 1. The first-order chi connectivity index (χ1) is 11.8. The molecule has 0 aromatic heterocycles. The van der Waals surface area contributed by atoms with Gasteiger partial charge in [0.2, 0.25) is 0 Å². The van der Waals surface area contributed by atoms with Crippen molar-refractivity contribution in [2.24, 2.45) is 0 Å². The lowest BCUT2D eigenvalue weighted by Crippen LogP contribution is -2.50. The van der Waals surface area contributed by atoms with Gasteiger partial charge in [0.1, 0.15) is 11.6 Å². The number of benzene rings is 2. The fourth-order valence-electron chi connectivity index (χ4n) is 2.58. The molecular weight excluding hydrogens is 347 g/mol. The van der Waals surface area contributed by atoms with E-state index in [4.69, 9.17) is 4.74 Å². The third-order valence-corrected chi connectivity index (χ3v) is 5.65. The summed E-state index contributed by atoms with van der Waals surface area (Å²) in [5, 5.41) is 0. The molecule has 25 heavy (non-hydrogen) atoms. The molecule has 0 radical (unpaired) electrons. The Kier molecular flexibility index (Phi) is 4.38. The predicted molar refractivity (Wildman–Crippen MR) is 90.5 cm³/mol. The summed E-state index contributed by atoms with van der Waals surface area (Å²) < 4.78 is 46.0. The summed E-state index contributed by atoms with van der Waals surface area (Å²) in [5.74, 6) is -0.560. The van der Waals surface area contributed by atoms with Crippen molar-refractivity contribution in [3.8, 4) is 5.75 Å². The Balaban J connectivity index is 2.07. The van der Waals surface area contributed by atoms with Crippen molar-refractivity contribution >= 4 is 21.6 Å². The van der Waals surface area contributed by atoms with Crippen molar-refractivity contribution < 1.29 is 22.3 Å². The fourth-order valence-corrected chi connectivity index (χ4v) is 4.06. The first kappa shape index (κ1) is 17.2. The number of hydrogen-bond donors (Lipinski definition) is 0. The van der Waals surface area contributed by atoms with Crippen LogP contribution in [0.15, 0.2) is 53.4 Å². The minimum absolute atomic E-state index is 0.0540. The molecule has 2 aromatic rings. The summed E-state index contributed by atoms with van der Waals surface area (Å²) in [6.07, 6.45) is -0.958. The Bertz CT molecular complexity index is 897. The van der Waals surface area contributed by atoms with Gasteiger partial charge in [0.15, 0.2) is 6.10 Å². The van der Waals surface area contributed by atoms with Crippen molar-refractivity contribution in [2.45, 2.75) is 11.0 Å². The van der Waals surface area contributed by atoms with Crippen LogP contribution in [0.4, 0.5) is 10.1 Å². The van der Waals surface area contributed by atoms with Crippen LogP contribution in [0.5, 0.6) is 5.75 Å². The number of para-hydroxylation sites is 2. The number of halogens is 1. The summed E-state index contributed by atoms with van der Waals surface area (Å²) in [6.45, 7) is -0.159. The first-order valence-electron chi connectivity index (χ1n) is 7.56. The lowest BCUT2D eigenvalue weighted by molar-refractivity contribution is -0.135. The molecule has 1 amide bonds. The predicted octanol–water partition coefficient (Wildman–Crippen LogP) is 1.87. The van der Waals surface area contributed by atoms with E-state index in [0.717, 1.165) is 16.4 Å². The van der Waals surface area contributed by atoms with E-state index in [2.05, 4.69) is 0 Å². The van der Waals surface area contributed by atoms with E-state index in [1.54, 1.807) is 38.4 Å². The molecule has 0 saturated carbocycles. The summed E-state index contributed by atoms with van der Waals surface area (Å²) >= 11 is 0. The van der Waals surface area contributed by atoms with E-state index in [1.807, 2.05) is 0 Å². The van der Waals surface area contributed by atoms with E-state index in [-0.39, 0.29) is 17.3 Å². The lowest BCUT2D eigenvalue weighted by Gasteiger charge is -2.35. The zero-order valence-corrected chi connectivity index (χ0v) is 14.5. The van der Waals surface area contributed by atoms with E-state index in [0.29, 0.717) is 11.4 Å².